The first-order chi connectivity index (χ1) is 9.58. The number of rotatable bonds is 5. The zero-order valence-corrected chi connectivity index (χ0v) is 12.6. The van der Waals surface area contributed by atoms with Crippen molar-refractivity contribution in [2.24, 2.45) is 11.7 Å². The summed E-state index contributed by atoms with van der Waals surface area (Å²) in [6, 6.07) is 8.20. The van der Waals surface area contributed by atoms with Gasteiger partial charge in [0.2, 0.25) is 5.91 Å². The summed E-state index contributed by atoms with van der Waals surface area (Å²) in [5, 5.41) is 3.03. The van der Waals surface area contributed by atoms with E-state index < -0.39 is 0 Å². The molecule has 0 saturated carbocycles. The first-order valence-corrected chi connectivity index (χ1v) is 7.69. The summed E-state index contributed by atoms with van der Waals surface area (Å²) >= 11 is 0. The molecular formula is C17H26N2O. The van der Waals surface area contributed by atoms with Gasteiger partial charge in [-0.15, -0.1) is 0 Å². The second-order valence-corrected chi connectivity index (χ2v) is 6.27. The topological polar surface area (TPSA) is 55.1 Å². The fraction of sp³-hybridized carbons (Fsp3) is 0.588. The first kappa shape index (κ1) is 15.0. The molecule has 1 aromatic carbocycles. The Labute approximate surface area is 121 Å². The van der Waals surface area contributed by atoms with Gasteiger partial charge in [-0.1, -0.05) is 38.1 Å². The van der Waals surface area contributed by atoms with Gasteiger partial charge in [0.05, 0.1) is 6.04 Å². The van der Waals surface area contributed by atoms with Crippen LogP contribution in [-0.2, 0) is 11.2 Å². The minimum absolute atomic E-state index is 0.0123. The summed E-state index contributed by atoms with van der Waals surface area (Å²) in [6.45, 7) is 4.89. The minimum atomic E-state index is -0.381. The number of hydrogen-bond donors (Lipinski definition) is 2. The van der Waals surface area contributed by atoms with Crippen LogP contribution in [-0.4, -0.2) is 18.5 Å². The van der Waals surface area contributed by atoms with Crippen LogP contribution in [0, 0.1) is 5.92 Å². The van der Waals surface area contributed by atoms with Crippen LogP contribution in [0.1, 0.15) is 50.2 Å². The maximum atomic E-state index is 12.0. The lowest BCUT2D eigenvalue weighted by molar-refractivity contribution is -0.122. The monoisotopic (exact) mass is 274 g/mol. The summed E-state index contributed by atoms with van der Waals surface area (Å²) in [4.78, 5) is 12.0. The largest absolute Gasteiger partial charge is 0.354 e. The molecule has 1 unspecified atom stereocenters. The molecule has 1 aliphatic rings. The van der Waals surface area contributed by atoms with Crippen LogP contribution < -0.4 is 11.1 Å². The Balaban J connectivity index is 1.90. The average molecular weight is 274 g/mol. The molecule has 0 heterocycles. The molecule has 0 aliphatic heterocycles. The van der Waals surface area contributed by atoms with Crippen LogP contribution in [0.25, 0.3) is 0 Å². The van der Waals surface area contributed by atoms with Gasteiger partial charge in [-0.3, -0.25) is 4.79 Å². The summed E-state index contributed by atoms with van der Waals surface area (Å²) in [7, 11) is 0. The zero-order chi connectivity index (χ0) is 14.5. The smallest absolute Gasteiger partial charge is 0.236 e. The molecule has 1 aromatic rings. The number of nitrogens with two attached hydrogens (primary N) is 1. The summed E-state index contributed by atoms with van der Waals surface area (Å²) in [5.74, 6) is 0.878. The number of fused-ring (bicyclic) bond motifs is 1. The zero-order valence-electron chi connectivity index (χ0n) is 12.6. The molecule has 0 bridgehead atoms. The van der Waals surface area contributed by atoms with E-state index in [9.17, 15) is 4.79 Å². The highest BCUT2D eigenvalue weighted by Gasteiger charge is 2.21. The quantitative estimate of drug-likeness (QED) is 0.867. The number of benzene rings is 1. The lowest BCUT2D eigenvalue weighted by Crippen LogP contribution is -2.43. The highest BCUT2D eigenvalue weighted by molar-refractivity contribution is 5.81. The van der Waals surface area contributed by atoms with Gasteiger partial charge in [0.15, 0.2) is 0 Å². The summed E-state index contributed by atoms with van der Waals surface area (Å²) in [6.07, 6.45) is 4.26. The Morgan fingerprint density at radius 2 is 2.15 bits per heavy atom. The highest BCUT2D eigenvalue weighted by Crippen LogP contribution is 2.30. The SMILES string of the molecule is CC(C)C[C@H](N)C(=O)NCC1CCCc2ccccc21. The lowest BCUT2D eigenvalue weighted by Gasteiger charge is -2.26. The van der Waals surface area contributed by atoms with Crippen LogP contribution in [0.2, 0.25) is 0 Å². The maximum Gasteiger partial charge on any atom is 0.236 e. The van der Waals surface area contributed by atoms with E-state index in [1.165, 1.54) is 17.5 Å². The molecule has 0 saturated heterocycles. The van der Waals surface area contributed by atoms with Crippen LogP contribution in [0.5, 0.6) is 0 Å². The van der Waals surface area contributed by atoms with Gasteiger partial charge in [0.25, 0.3) is 0 Å². The molecule has 2 rings (SSSR count). The van der Waals surface area contributed by atoms with Crippen molar-refractivity contribution in [2.75, 3.05) is 6.54 Å². The Morgan fingerprint density at radius 3 is 2.90 bits per heavy atom. The van der Waals surface area contributed by atoms with E-state index >= 15 is 0 Å². The van der Waals surface area contributed by atoms with Crippen LogP contribution >= 0.6 is 0 Å². The van der Waals surface area contributed by atoms with Crippen molar-refractivity contribution < 1.29 is 4.79 Å². The van der Waals surface area contributed by atoms with E-state index in [4.69, 9.17) is 5.73 Å². The fourth-order valence-corrected chi connectivity index (χ4v) is 3.04. The molecule has 0 fully saturated rings. The summed E-state index contributed by atoms with van der Waals surface area (Å²) < 4.78 is 0. The minimum Gasteiger partial charge on any atom is -0.354 e. The van der Waals surface area contributed by atoms with Crippen molar-refractivity contribution in [2.45, 2.75) is 51.5 Å². The Hall–Kier alpha value is -1.35. The molecule has 3 N–H and O–H groups in total. The molecular weight excluding hydrogens is 248 g/mol. The molecule has 1 aliphatic carbocycles. The second kappa shape index (κ2) is 6.89. The molecule has 3 heteroatoms. The van der Waals surface area contributed by atoms with E-state index in [1.807, 2.05) is 0 Å². The van der Waals surface area contributed by atoms with Crippen LogP contribution in [0.15, 0.2) is 24.3 Å². The Bertz CT molecular complexity index is 456. The standard InChI is InChI=1S/C17H26N2O/c1-12(2)10-16(18)17(20)19-11-14-8-5-7-13-6-3-4-9-15(13)14/h3-4,6,9,12,14,16H,5,7-8,10-11,18H2,1-2H3,(H,19,20)/t14?,16-/m0/s1. The van der Waals surface area contributed by atoms with E-state index in [1.54, 1.807) is 0 Å². The van der Waals surface area contributed by atoms with E-state index in [-0.39, 0.29) is 11.9 Å². The maximum absolute atomic E-state index is 12.0. The predicted octanol–water partition coefficient (Wildman–Crippen LogP) is 2.60. The first-order valence-electron chi connectivity index (χ1n) is 7.69. The van der Waals surface area contributed by atoms with Gasteiger partial charge in [-0.2, -0.15) is 0 Å². The van der Waals surface area contributed by atoms with Gasteiger partial charge in [0, 0.05) is 12.5 Å². The molecule has 0 spiro atoms. The number of nitrogens with one attached hydrogen (secondary N) is 1. The number of carbonyl (C=O) groups excluding carboxylic acids is 1. The second-order valence-electron chi connectivity index (χ2n) is 6.27. The van der Waals surface area contributed by atoms with Crippen molar-refractivity contribution in [3.05, 3.63) is 35.4 Å². The van der Waals surface area contributed by atoms with Crippen molar-refractivity contribution in [3.8, 4) is 0 Å². The fourth-order valence-electron chi connectivity index (χ4n) is 3.04. The number of aryl methyl sites for hydroxylation is 1. The van der Waals surface area contributed by atoms with Gasteiger partial charge in [-0.05, 0) is 42.7 Å². The predicted molar refractivity (Wildman–Crippen MR) is 82.6 cm³/mol. The molecule has 1 amide bonds. The third-order valence-corrected chi connectivity index (χ3v) is 4.08. The lowest BCUT2D eigenvalue weighted by atomic mass is 9.83. The Kier molecular flexibility index (Phi) is 5.18. The third kappa shape index (κ3) is 3.83. The van der Waals surface area contributed by atoms with Crippen LogP contribution in [0.4, 0.5) is 0 Å². The molecule has 0 radical (unpaired) electrons. The molecule has 110 valence electrons. The highest BCUT2D eigenvalue weighted by atomic mass is 16.2. The van der Waals surface area contributed by atoms with Crippen molar-refractivity contribution >= 4 is 5.91 Å². The molecule has 20 heavy (non-hydrogen) atoms. The van der Waals surface area contributed by atoms with E-state index in [2.05, 4.69) is 43.4 Å². The van der Waals surface area contributed by atoms with Gasteiger partial charge in [0.1, 0.15) is 0 Å². The summed E-state index contributed by atoms with van der Waals surface area (Å²) in [5.41, 5.74) is 8.75. The third-order valence-electron chi connectivity index (χ3n) is 4.08. The van der Waals surface area contributed by atoms with Crippen LogP contribution in [0.3, 0.4) is 0 Å². The van der Waals surface area contributed by atoms with E-state index in [0.717, 1.165) is 19.3 Å². The van der Waals surface area contributed by atoms with Gasteiger partial charge >= 0.3 is 0 Å². The Morgan fingerprint density at radius 1 is 1.40 bits per heavy atom. The number of carbonyl (C=O) groups is 1. The van der Waals surface area contributed by atoms with Gasteiger partial charge < -0.3 is 11.1 Å². The molecule has 2 atom stereocenters. The number of hydrogen-bond acceptors (Lipinski definition) is 2. The van der Waals surface area contributed by atoms with Crippen molar-refractivity contribution in [3.63, 3.8) is 0 Å². The van der Waals surface area contributed by atoms with Crippen molar-refractivity contribution in [1.29, 1.82) is 0 Å². The molecule has 0 aromatic heterocycles. The normalized spacial score (nSPS) is 19.5. The van der Waals surface area contributed by atoms with Gasteiger partial charge in [-0.25, -0.2) is 0 Å². The number of amides is 1. The van der Waals surface area contributed by atoms with Crippen molar-refractivity contribution in [1.82, 2.24) is 5.32 Å². The van der Waals surface area contributed by atoms with E-state index in [0.29, 0.717) is 18.4 Å². The molecule has 3 nitrogen and oxygen atoms in total. The average Bonchev–Trinajstić information content (AvgIpc) is 2.44.